The van der Waals surface area contributed by atoms with E-state index in [0.717, 1.165) is 0 Å². The summed E-state index contributed by atoms with van der Waals surface area (Å²) in [5, 5.41) is 30.4. The van der Waals surface area contributed by atoms with Gasteiger partial charge in [-0.25, -0.2) is 0 Å². The van der Waals surface area contributed by atoms with Gasteiger partial charge in [-0.1, -0.05) is 0 Å². The number of benzene rings is 1. The quantitative estimate of drug-likeness (QED) is 0.499. The Balaban J connectivity index is 3.10. The first kappa shape index (κ1) is 14.4. The number of aliphatic hydroxyl groups excluding tert-OH is 2. The monoisotopic (exact) mass is 256 g/mol. The van der Waals surface area contributed by atoms with E-state index >= 15 is 0 Å². The standard InChI is InChI=1S/C11H16N2O5/c1-18-7-2-3-8(9(6-7)13(16)17)11(15)10(14)4-5-12/h2-3,6,10-11,14-15H,4-5,12H2,1H3. The molecule has 7 nitrogen and oxygen atoms in total. The maximum absolute atomic E-state index is 10.9. The molecule has 0 bridgehead atoms. The number of hydrogen-bond acceptors (Lipinski definition) is 6. The van der Waals surface area contributed by atoms with E-state index in [2.05, 4.69) is 0 Å². The van der Waals surface area contributed by atoms with Crippen LogP contribution in [0.2, 0.25) is 0 Å². The van der Waals surface area contributed by atoms with Crippen molar-refractivity contribution in [2.24, 2.45) is 5.73 Å². The van der Waals surface area contributed by atoms with Gasteiger partial charge in [0.15, 0.2) is 0 Å². The summed E-state index contributed by atoms with van der Waals surface area (Å²) in [4.78, 5) is 10.3. The second-order valence-corrected chi connectivity index (χ2v) is 3.77. The van der Waals surface area contributed by atoms with Crippen molar-refractivity contribution in [3.8, 4) is 5.75 Å². The van der Waals surface area contributed by atoms with Gasteiger partial charge in [-0.2, -0.15) is 0 Å². The average Bonchev–Trinajstić information content (AvgIpc) is 2.37. The highest BCUT2D eigenvalue weighted by molar-refractivity contribution is 5.47. The third-order valence-corrected chi connectivity index (χ3v) is 2.58. The van der Waals surface area contributed by atoms with Crippen LogP contribution in [0.1, 0.15) is 18.1 Å². The van der Waals surface area contributed by atoms with Crippen LogP contribution in [0.25, 0.3) is 0 Å². The lowest BCUT2D eigenvalue weighted by molar-refractivity contribution is -0.386. The predicted molar refractivity (Wildman–Crippen MR) is 64.3 cm³/mol. The molecular formula is C11H16N2O5. The van der Waals surface area contributed by atoms with E-state index in [9.17, 15) is 20.3 Å². The van der Waals surface area contributed by atoms with E-state index in [1.807, 2.05) is 0 Å². The van der Waals surface area contributed by atoms with Crippen molar-refractivity contribution in [1.82, 2.24) is 0 Å². The molecule has 0 aliphatic rings. The minimum atomic E-state index is -1.35. The third kappa shape index (κ3) is 3.16. The Bertz CT molecular complexity index is 424. The van der Waals surface area contributed by atoms with Crippen LogP contribution in [-0.4, -0.2) is 34.9 Å². The van der Waals surface area contributed by atoms with Gasteiger partial charge in [-0.05, 0) is 25.1 Å². The second-order valence-electron chi connectivity index (χ2n) is 3.77. The summed E-state index contributed by atoms with van der Waals surface area (Å²) in [6.45, 7) is 0.183. The third-order valence-electron chi connectivity index (χ3n) is 2.58. The first-order valence-corrected chi connectivity index (χ1v) is 5.39. The Morgan fingerprint density at radius 2 is 2.17 bits per heavy atom. The number of rotatable bonds is 6. The minimum absolute atomic E-state index is 0.0433. The number of nitro benzene ring substituents is 1. The van der Waals surface area contributed by atoms with Crippen LogP contribution in [0.15, 0.2) is 18.2 Å². The second kappa shape index (κ2) is 6.29. The number of hydrogen-bond donors (Lipinski definition) is 3. The average molecular weight is 256 g/mol. The van der Waals surface area contributed by atoms with Crippen molar-refractivity contribution in [1.29, 1.82) is 0 Å². The van der Waals surface area contributed by atoms with Gasteiger partial charge in [-0.3, -0.25) is 10.1 Å². The van der Waals surface area contributed by atoms with Gasteiger partial charge in [0, 0.05) is 0 Å². The molecule has 4 N–H and O–H groups in total. The largest absolute Gasteiger partial charge is 0.497 e. The number of ether oxygens (including phenoxy) is 1. The summed E-state index contributed by atoms with van der Waals surface area (Å²) in [5.41, 5.74) is 5.01. The lowest BCUT2D eigenvalue weighted by Crippen LogP contribution is -2.22. The van der Waals surface area contributed by atoms with E-state index < -0.39 is 17.1 Å². The molecule has 7 heteroatoms. The van der Waals surface area contributed by atoms with Crippen LogP contribution < -0.4 is 10.5 Å². The molecule has 0 fully saturated rings. The Hall–Kier alpha value is -1.70. The van der Waals surface area contributed by atoms with Crippen molar-refractivity contribution in [3.63, 3.8) is 0 Å². The first-order chi connectivity index (χ1) is 8.51. The van der Waals surface area contributed by atoms with Crippen LogP contribution in [0.3, 0.4) is 0 Å². The zero-order valence-electron chi connectivity index (χ0n) is 9.94. The number of nitro groups is 1. The van der Waals surface area contributed by atoms with Crippen LogP contribution in [0.5, 0.6) is 5.75 Å². The van der Waals surface area contributed by atoms with Crippen molar-refractivity contribution in [3.05, 3.63) is 33.9 Å². The van der Waals surface area contributed by atoms with E-state index in [-0.39, 0.29) is 24.2 Å². The Labute approximate surface area is 104 Å². The zero-order chi connectivity index (χ0) is 13.7. The van der Waals surface area contributed by atoms with Crippen molar-refractivity contribution in [2.45, 2.75) is 18.6 Å². The summed E-state index contributed by atoms with van der Waals surface area (Å²) in [5.74, 6) is 0.311. The molecule has 0 heterocycles. The SMILES string of the molecule is COc1ccc(C(O)C(O)CCN)c([N+](=O)[O-])c1. The van der Waals surface area contributed by atoms with Gasteiger partial charge >= 0.3 is 0 Å². The Morgan fingerprint density at radius 3 is 2.67 bits per heavy atom. The zero-order valence-corrected chi connectivity index (χ0v) is 9.94. The molecule has 1 aromatic carbocycles. The maximum Gasteiger partial charge on any atom is 0.279 e. The fourth-order valence-corrected chi connectivity index (χ4v) is 1.59. The number of aliphatic hydroxyl groups is 2. The van der Waals surface area contributed by atoms with Crippen molar-refractivity contribution < 1.29 is 19.9 Å². The number of methoxy groups -OCH3 is 1. The molecule has 0 aliphatic heterocycles. The van der Waals surface area contributed by atoms with E-state index in [0.29, 0.717) is 5.75 Å². The smallest absolute Gasteiger partial charge is 0.279 e. The van der Waals surface area contributed by atoms with Crippen LogP contribution in [-0.2, 0) is 0 Å². The van der Waals surface area contributed by atoms with E-state index in [4.69, 9.17) is 10.5 Å². The molecule has 1 rings (SSSR count). The molecule has 0 saturated heterocycles. The topological polar surface area (TPSA) is 119 Å². The summed E-state index contributed by atoms with van der Waals surface area (Å²) in [6, 6.07) is 4.05. The minimum Gasteiger partial charge on any atom is -0.497 e. The molecule has 0 spiro atoms. The number of nitrogens with two attached hydrogens (primary N) is 1. The van der Waals surface area contributed by atoms with E-state index in [1.54, 1.807) is 0 Å². The molecule has 100 valence electrons. The van der Waals surface area contributed by atoms with Gasteiger partial charge < -0.3 is 20.7 Å². The van der Waals surface area contributed by atoms with Gasteiger partial charge in [-0.15, -0.1) is 0 Å². The summed E-state index contributed by atoms with van der Waals surface area (Å²) in [6.07, 6.45) is -2.33. The molecular weight excluding hydrogens is 240 g/mol. The lowest BCUT2D eigenvalue weighted by atomic mass is 10.0. The Kier molecular flexibility index (Phi) is 5.02. The fraction of sp³-hybridized carbons (Fsp3) is 0.455. The Morgan fingerprint density at radius 1 is 1.50 bits per heavy atom. The van der Waals surface area contributed by atoms with Gasteiger partial charge in [0.25, 0.3) is 5.69 Å². The molecule has 0 amide bonds. The van der Waals surface area contributed by atoms with Crippen LogP contribution >= 0.6 is 0 Å². The summed E-state index contributed by atoms with van der Waals surface area (Å²) >= 11 is 0. The molecule has 18 heavy (non-hydrogen) atoms. The summed E-state index contributed by atoms with van der Waals surface area (Å²) < 4.78 is 4.88. The van der Waals surface area contributed by atoms with Gasteiger partial charge in [0.1, 0.15) is 11.9 Å². The lowest BCUT2D eigenvalue weighted by Gasteiger charge is -2.17. The summed E-state index contributed by atoms with van der Waals surface area (Å²) in [7, 11) is 1.39. The first-order valence-electron chi connectivity index (χ1n) is 5.39. The maximum atomic E-state index is 10.9. The van der Waals surface area contributed by atoms with Crippen molar-refractivity contribution >= 4 is 5.69 Å². The number of nitrogens with zero attached hydrogens (tertiary/aromatic N) is 1. The molecule has 0 saturated carbocycles. The highest BCUT2D eigenvalue weighted by atomic mass is 16.6. The molecule has 2 unspecified atom stereocenters. The van der Waals surface area contributed by atoms with Gasteiger partial charge in [0.05, 0.1) is 29.8 Å². The van der Waals surface area contributed by atoms with Crippen molar-refractivity contribution in [2.75, 3.05) is 13.7 Å². The molecule has 0 radical (unpaired) electrons. The van der Waals surface area contributed by atoms with Crippen LogP contribution in [0, 0.1) is 10.1 Å². The van der Waals surface area contributed by atoms with Gasteiger partial charge in [0.2, 0.25) is 0 Å². The van der Waals surface area contributed by atoms with E-state index in [1.165, 1.54) is 25.3 Å². The molecule has 0 aromatic heterocycles. The molecule has 2 atom stereocenters. The molecule has 1 aromatic rings. The molecule has 0 aliphatic carbocycles. The predicted octanol–water partition coefficient (Wildman–Crippen LogP) is 0.347. The highest BCUT2D eigenvalue weighted by Crippen LogP contribution is 2.31. The van der Waals surface area contributed by atoms with Crippen LogP contribution in [0.4, 0.5) is 5.69 Å². The normalized spacial score (nSPS) is 14.0. The highest BCUT2D eigenvalue weighted by Gasteiger charge is 2.26. The fourth-order valence-electron chi connectivity index (χ4n) is 1.59.